The monoisotopic (exact) mass is 550 g/mol. The second-order valence-electron chi connectivity index (χ2n) is 11.3. The first-order valence-electron chi connectivity index (χ1n) is 14.3. The van der Waals surface area contributed by atoms with Gasteiger partial charge in [-0.2, -0.15) is 0 Å². The van der Waals surface area contributed by atoms with Gasteiger partial charge in [0.05, 0.1) is 31.0 Å². The molecule has 0 radical (unpaired) electrons. The van der Waals surface area contributed by atoms with E-state index in [1.54, 1.807) is 24.9 Å². The first-order chi connectivity index (χ1) is 18.5. The molecule has 9 heteroatoms. The number of unbranched alkanes of at least 4 members (excludes halogenated alkanes) is 2. The molecule has 2 fully saturated rings. The Labute approximate surface area is 234 Å². The number of carbonyl (C=O) groups is 2. The predicted octanol–water partition coefficient (Wildman–Crippen LogP) is 4.51. The maximum atomic E-state index is 12.3. The van der Waals surface area contributed by atoms with Crippen molar-refractivity contribution >= 4 is 12.0 Å². The normalized spacial score (nSPS) is 26.5. The highest BCUT2D eigenvalue weighted by Gasteiger charge is 2.33. The summed E-state index contributed by atoms with van der Waals surface area (Å²) < 4.78 is 23.0. The molecule has 3 atom stereocenters. The smallest absolute Gasteiger partial charge is 0.410 e. The van der Waals surface area contributed by atoms with Crippen LogP contribution in [0.25, 0.3) is 0 Å². The molecule has 2 saturated heterocycles. The first kappa shape index (κ1) is 33.0. The molecular formula is C30H50N2O7. The molecule has 2 aliphatic heterocycles. The van der Waals surface area contributed by atoms with Gasteiger partial charge in [0.15, 0.2) is 6.29 Å². The van der Waals surface area contributed by atoms with E-state index in [1.165, 1.54) is 6.08 Å². The van der Waals surface area contributed by atoms with Crippen LogP contribution < -0.4 is 5.32 Å². The third-order valence-corrected chi connectivity index (χ3v) is 6.81. The second-order valence-corrected chi connectivity index (χ2v) is 11.3. The van der Waals surface area contributed by atoms with Gasteiger partial charge >= 0.3 is 6.09 Å². The van der Waals surface area contributed by atoms with E-state index in [4.69, 9.17) is 18.9 Å². The molecular weight excluding hydrogens is 500 g/mol. The average Bonchev–Trinajstić information content (AvgIpc) is 2.89. The molecule has 2 rings (SSSR count). The Bertz CT molecular complexity index is 846. The van der Waals surface area contributed by atoms with Crippen molar-refractivity contribution < 1.29 is 33.6 Å². The molecule has 0 spiro atoms. The largest absolute Gasteiger partial charge is 0.442 e. The van der Waals surface area contributed by atoms with E-state index < -0.39 is 12.2 Å². The summed E-state index contributed by atoms with van der Waals surface area (Å²) in [5.74, 6) is -0.0315. The minimum atomic E-state index is -0.517. The van der Waals surface area contributed by atoms with Crippen LogP contribution in [0.5, 0.6) is 0 Å². The third-order valence-electron chi connectivity index (χ3n) is 6.81. The number of amides is 2. The van der Waals surface area contributed by atoms with Crippen LogP contribution in [0.2, 0.25) is 0 Å². The van der Waals surface area contributed by atoms with Crippen molar-refractivity contribution in [2.45, 2.75) is 103 Å². The average molecular weight is 551 g/mol. The fourth-order valence-electron chi connectivity index (χ4n) is 4.69. The number of nitrogens with one attached hydrogen (secondary N) is 1. The summed E-state index contributed by atoms with van der Waals surface area (Å²) in [5.41, 5.74) is 0.844. The summed E-state index contributed by atoms with van der Waals surface area (Å²) in [6.07, 6.45) is 13.2. The zero-order chi connectivity index (χ0) is 28.8. The number of allylic oxidation sites excluding steroid dienone is 2. The zero-order valence-corrected chi connectivity index (χ0v) is 24.7. The lowest BCUT2D eigenvalue weighted by Crippen LogP contribution is -2.46. The van der Waals surface area contributed by atoms with Gasteiger partial charge in [-0.25, -0.2) is 4.79 Å². The Morgan fingerprint density at radius 2 is 1.92 bits per heavy atom. The van der Waals surface area contributed by atoms with Crippen molar-refractivity contribution in [1.82, 2.24) is 10.2 Å². The van der Waals surface area contributed by atoms with Gasteiger partial charge in [-0.15, -0.1) is 0 Å². The van der Waals surface area contributed by atoms with E-state index in [1.807, 2.05) is 13.0 Å². The molecule has 0 aromatic rings. The Morgan fingerprint density at radius 3 is 2.59 bits per heavy atom. The van der Waals surface area contributed by atoms with Gasteiger partial charge < -0.3 is 34.3 Å². The van der Waals surface area contributed by atoms with Crippen LogP contribution in [0.4, 0.5) is 4.79 Å². The lowest BCUT2D eigenvalue weighted by molar-refractivity contribution is -0.187. The number of carbonyl (C=O) groups excluding carboxylic acids is 2. The molecule has 2 aliphatic rings. The van der Waals surface area contributed by atoms with Gasteiger partial charge in [-0.1, -0.05) is 43.6 Å². The summed E-state index contributed by atoms with van der Waals surface area (Å²) in [5, 5.41) is 12.4. The summed E-state index contributed by atoms with van der Waals surface area (Å²) in [7, 11) is 1.71. The van der Waals surface area contributed by atoms with Gasteiger partial charge in [-0.3, -0.25) is 4.79 Å². The molecule has 0 unspecified atom stereocenters. The summed E-state index contributed by atoms with van der Waals surface area (Å²) in [4.78, 5) is 25.9. The SMILES string of the molecule is CCCCCN(C)C(=O)O[C@@H](C)/C=C\C(=O)NC1COC(C/C=C(C)/C=C/[C@@H]2C[C@H](CO)CC(C)(C)O2)OC1. The lowest BCUT2D eigenvalue weighted by Gasteiger charge is -2.39. The highest BCUT2D eigenvalue weighted by molar-refractivity contribution is 5.87. The molecule has 2 amide bonds. The molecule has 2 heterocycles. The van der Waals surface area contributed by atoms with E-state index in [2.05, 4.69) is 38.2 Å². The van der Waals surface area contributed by atoms with Crippen LogP contribution in [0.1, 0.15) is 73.1 Å². The highest BCUT2D eigenvalue weighted by atomic mass is 16.7. The van der Waals surface area contributed by atoms with Crippen LogP contribution in [0.3, 0.4) is 0 Å². The van der Waals surface area contributed by atoms with Gasteiger partial charge in [0, 0.05) is 32.7 Å². The van der Waals surface area contributed by atoms with Crippen molar-refractivity contribution in [3.8, 4) is 0 Å². The van der Waals surface area contributed by atoms with Crippen molar-refractivity contribution in [3.05, 3.63) is 36.0 Å². The van der Waals surface area contributed by atoms with Gasteiger partial charge in [0.25, 0.3) is 0 Å². The van der Waals surface area contributed by atoms with E-state index >= 15 is 0 Å². The Kier molecular flexibility index (Phi) is 14.2. The first-order valence-corrected chi connectivity index (χ1v) is 14.3. The Balaban J connectivity index is 1.67. The van der Waals surface area contributed by atoms with Crippen molar-refractivity contribution in [2.75, 3.05) is 33.4 Å². The fourth-order valence-corrected chi connectivity index (χ4v) is 4.69. The van der Waals surface area contributed by atoms with E-state index in [-0.39, 0.29) is 42.5 Å². The molecule has 9 nitrogen and oxygen atoms in total. The van der Waals surface area contributed by atoms with Crippen LogP contribution in [0, 0.1) is 5.92 Å². The number of hydrogen-bond donors (Lipinski definition) is 2. The molecule has 39 heavy (non-hydrogen) atoms. The number of aliphatic hydroxyl groups is 1. The van der Waals surface area contributed by atoms with Gasteiger partial charge in [0.1, 0.15) is 6.10 Å². The van der Waals surface area contributed by atoms with Crippen LogP contribution in [0.15, 0.2) is 36.0 Å². The fraction of sp³-hybridized carbons (Fsp3) is 0.733. The third kappa shape index (κ3) is 13.1. The summed E-state index contributed by atoms with van der Waals surface area (Å²) >= 11 is 0. The zero-order valence-electron chi connectivity index (χ0n) is 24.7. The van der Waals surface area contributed by atoms with Crippen molar-refractivity contribution in [1.29, 1.82) is 0 Å². The minimum absolute atomic E-state index is 0.0122. The molecule has 0 bridgehead atoms. The standard InChI is InChI=1S/C30H50N2O7/c1-7-8-9-16-32(6)29(35)38-23(3)12-14-27(34)31-25-20-36-28(37-21-25)15-11-22(2)10-13-26-17-24(19-33)18-30(4,5)39-26/h10-14,23-26,28,33H,7-9,15-21H2,1-6H3,(H,31,34)/b13-10+,14-12-,22-11+/t23-,24-,25?,26+,28?/m0/s1. The maximum Gasteiger partial charge on any atom is 0.410 e. The molecule has 0 aromatic heterocycles. The topological polar surface area (TPSA) is 107 Å². The lowest BCUT2D eigenvalue weighted by atomic mass is 9.86. The Morgan fingerprint density at radius 1 is 1.21 bits per heavy atom. The molecule has 222 valence electrons. The second kappa shape index (κ2) is 16.8. The van der Waals surface area contributed by atoms with E-state index in [9.17, 15) is 14.7 Å². The molecule has 0 aromatic carbocycles. The van der Waals surface area contributed by atoms with Crippen molar-refractivity contribution in [2.24, 2.45) is 5.92 Å². The maximum absolute atomic E-state index is 12.3. The highest BCUT2D eigenvalue weighted by Crippen LogP contribution is 2.32. The number of aliphatic hydroxyl groups excluding tert-OH is 1. The van der Waals surface area contributed by atoms with Crippen LogP contribution >= 0.6 is 0 Å². The van der Waals surface area contributed by atoms with Crippen LogP contribution in [-0.4, -0.2) is 85.6 Å². The Hall–Kier alpha value is -2.20. The van der Waals surface area contributed by atoms with Gasteiger partial charge in [0.2, 0.25) is 5.91 Å². The quantitative estimate of drug-likeness (QED) is 0.197. The summed E-state index contributed by atoms with van der Waals surface area (Å²) in [6, 6.07) is -0.253. The predicted molar refractivity (Wildman–Crippen MR) is 151 cm³/mol. The molecule has 0 saturated carbocycles. The van der Waals surface area contributed by atoms with Gasteiger partial charge in [-0.05, 0) is 59.0 Å². The number of nitrogens with zero attached hydrogens (tertiary/aromatic N) is 1. The molecule has 2 N–H and O–H groups in total. The van der Waals surface area contributed by atoms with E-state index in [0.29, 0.717) is 26.2 Å². The number of hydrogen-bond acceptors (Lipinski definition) is 7. The molecule has 0 aliphatic carbocycles. The minimum Gasteiger partial charge on any atom is -0.442 e. The number of rotatable bonds is 13. The summed E-state index contributed by atoms with van der Waals surface area (Å²) in [6.45, 7) is 11.5. The van der Waals surface area contributed by atoms with E-state index in [0.717, 1.165) is 37.7 Å². The number of ether oxygens (including phenoxy) is 4. The van der Waals surface area contributed by atoms with Crippen molar-refractivity contribution in [3.63, 3.8) is 0 Å². The van der Waals surface area contributed by atoms with Crippen LogP contribution in [-0.2, 0) is 23.7 Å².